The summed E-state index contributed by atoms with van der Waals surface area (Å²) in [5.74, 6) is 0.691. The molecule has 1 aromatic rings. The molecule has 3 heteroatoms. The minimum absolute atomic E-state index is 0.196. The highest BCUT2D eigenvalue weighted by atomic mass is 15.2. The zero-order valence-corrected chi connectivity index (χ0v) is 12.4. The highest BCUT2D eigenvalue weighted by Gasteiger charge is 2.35. The van der Waals surface area contributed by atoms with Crippen molar-refractivity contribution in [3.8, 4) is 0 Å². The Morgan fingerprint density at radius 1 is 1.37 bits per heavy atom. The van der Waals surface area contributed by atoms with E-state index < -0.39 is 0 Å². The molecule has 106 valence electrons. The van der Waals surface area contributed by atoms with Gasteiger partial charge in [0, 0.05) is 24.5 Å². The van der Waals surface area contributed by atoms with E-state index in [4.69, 9.17) is 5.73 Å². The van der Waals surface area contributed by atoms with Crippen LogP contribution in [-0.2, 0) is 0 Å². The van der Waals surface area contributed by atoms with Crippen LogP contribution in [0.5, 0.6) is 0 Å². The fourth-order valence-electron chi connectivity index (χ4n) is 3.34. The van der Waals surface area contributed by atoms with Crippen LogP contribution in [0.4, 0.5) is 0 Å². The van der Waals surface area contributed by atoms with Gasteiger partial charge in [0.1, 0.15) is 0 Å². The van der Waals surface area contributed by atoms with Gasteiger partial charge in [0.25, 0.3) is 0 Å². The molecule has 0 radical (unpaired) electrons. The molecule has 1 aliphatic rings. The lowest BCUT2D eigenvalue weighted by Crippen LogP contribution is -2.44. The van der Waals surface area contributed by atoms with E-state index in [1.807, 2.05) is 12.4 Å². The van der Waals surface area contributed by atoms with Gasteiger partial charge >= 0.3 is 0 Å². The molecule has 2 heterocycles. The zero-order valence-electron chi connectivity index (χ0n) is 12.4. The molecule has 0 bridgehead atoms. The van der Waals surface area contributed by atoms with Crippen LogP contribution in [0.25, 0.3) is 0 Å². The van der Waals surface area contributed by atoms with E-state index >= 15 is 0 Å². The molecule has 1 saturated heterocycles. The molecule has 0 aromatic carbocycles. The molecular weight excluding hydrogens is 234 g/mol. The van der Waals surface area contributed by atoms with Crippen molar-refractivity contribution in [1.29, 1.82) is 0 Å². The van der Waals surface area contributed by atoms with Gasteiger partial charge in [0.2, 0.25) is 0 Å². The summed E-state index contributed by atoms with van der Waals surface area (Å²) >= 11 is 0. The average molecular weight is 261 g/mol. The molecule has 3 nitrogen and oxygen atoms in total. The molecule has 0 aliphatic carbocycles. The second-order valence-corrected chi connectivity index (χ2v) is 5.99. The van der Waals surface area contributed by atoms with E-state index in [1.54, 1.807) is 0 Å². The summed E-state index contributed by atoms with van der Waals surface area (Å²) in [5, 5.41) is 0. The van der Waals surface area contributed by atoms with Gasteiger partial charge in [0.05, 0.1) is 6.04 Å². The third kappa shape index (κ3) is 3.15. The molecule has 0 saturated carbocycles. The van der Waals surface area contributed by atoms with Crippen molar-refractivity contribution in [2.75, 3.05) is 6.54 Å². The van der Waals surface area contributed by atoms with Crippen LogP contribution in [0.15, 0.2) is 24.5 Å². The highest BCUT2D eigenvalue weighted by Crippen LogP contribution is 2.34. The standard InChI is InChI=1S/C16H27N3/c1-4-14(17)16(13-7-9-18-10-8-13)19-11-5-6-15(19)12(2)3/h7-10,12,14-16H,4-6,11,17H2,1-3H3. The predicted octanol–water partition coefficient (Wildman–Crippen LogP) is 2.98. The Hall–Kier alpha value is -0.930. The summed E-state index contributed by atoms with van der Waals surface area (Å²) in [6.07, 6.45) is 7.36. The van der Waals surface area contributed by atoms with Crippen molar-refractivity contribution in [1.82, 2.24) is 9.88 Å². The van der Waals surface area contributed by atoms with Crippen LogP contribution in [0.1, 0.15) is 51.6 Å². The lowest BCUT2D eigenvalue weighted by Gasteiger charge is -2.38. The lowest BCUT2D eigenvalue weighted by molar-refractivity contribution is 0.125. The number of rotatable bonds is 5. The third-order valence-electron chi connectivity index (χ3n) is 4.39. The number of hydrogen-bond donors (Lipinski definition) is 1. The number of aromatic nitrogens is 1. The van der Waals surface area contributed by atoms with E-state index in [2.05, 4.69) is 42.8 Å². The van der Waals surface area contributed by atoms with Gasteiger partial charge in [-0.25, -0.2) is 0 Å². The largest absolute Gasteiger partial charge is 0.326 e. The molecule has 0 spiro atoms. The van der Waals surface area contributed by atoms with Crippen LogP contribution in [-0.4, -0.2) is 28.5 Å². The minimum Gasteiger partial charge on any atom is -0.326 e. The Morgan fingerprint density at radius 2 is 2.05 bits per heavy atom. The van der Waals surface area contributed by atoms with Crippen LogP contribution < -0.4 is 5.73 Å². The van der Waals surface area contributed by atoms with Gasteiger partial charge < -0.3 is 5.73 Å². The Kier molecular flexibility index (Phi) is 4.94. The Labute approximate surface area is 117 Å². The van der Waals surface area contributed by atoms with Gasteiger partial charge in [0.15, 0.2) is 0 Å². The Bertz CT molecular complexity index is 377. The van der Waals surface area contributed by atoms with Gasteiger partial charge in [-0.1, -0.05) is 20.8 Å². The Balaban J connectivity index is 2.28. The number of nitrogens with two attached hydrogens (primary N) is 1. The monoisotopic (exact) mass is 261 g/mol. The zero-order chi connectivity index (χ0) is 13.8. The van der Waals surface area contributed by atoms with Crippen LogP contribution >= 0.6 is 0 Å². The number of hydrogen-bond acceptors (Lipinski definition) is 3. The molecule has 1 fully saturated rings. The van der Waals surface area contributed by atoms with E-state index in [1.165, 1.54) is 24.9 Å². The lowest BCUT2D eigenvalue weighted by atomic mass is 9.93. The quantitative estimate of drug-likeness (QED) is 0.886. The van der Waals surface area contributed by atoms with Gasteiger partial charge in [-0.2, -0.15) is 0 Å². The first-order chi connectivity index (χ1) is 9.15. The van der Waals surface area contributed by atoms with Gasteiger partial charge in [-0.3, -0.25) is 9.88 Å². The van der Waals surface area contributed by atoms with Crippen LogP contribution in [0.2, 0.25) is 0 Å². The first-order valence-corrected chi connectivity index (χ1v) is 7.56. The molecule has 2 rings (SSSR count). The summed E-state index contributed by atoms with van der Waals surface area (Å²) in [5.41, 5.74) is 7.75. The smallest absolute Gasteiger partial charge is 0.0503 e. The van der Waals surface area contributed by atoms with Gasteiger partial charge in [-0.15, -0.1) is 0 Å². The highest BCUT2D eigenvalue weighted by molar-refractivity contribution is 5.18. The summed E-state index contributed by atoms with van der Waals surface area (Å²) in [7, 11) is 0. The molecule has 1 aromatic heterocycles. The maximum Gasteiger partial charge on any atom is 0.0503 e. The third-order valence-corrected chi connectivity index (χ3v) is 4.39. The second kappa shape index (κ2) is 6.49. The summed E-state index contributed by atoms with van der Waals surface area (Å²) < 4.78 is 0. The molecule has 1 aliphatic heterocycles. The average Bonchev–Trinajstić information content (AvgIpc) is 2.89. The Morgan fingerprint density at radius 3 is 2.63 bits per heavy atom. The fraction of sp³-hybridized carbons (Fsp3) is 0.688. The number of nitrogens with zero attached hydrogens (tertiary/aromatic N) is 2. The molecule has 3 atom stereocenters. The van der Waals surface area contributed by atoms with Crippen molar-refractivity contribution >= 4 is 0 Å². The minimum atomic E-state index is 0.196. The molecule has 0 amide bonds. The van der Waals surface area contributed by atoms with Crippen LogP contribution in [0.3, 0.4) is 0 Å². The van der Waals surface area contributed by atoms with Crippen molar-refractivity contribution in [3.05, 3.63) is 30.1 Å². The topological polar surface area (TPSA) is 42.1 Å². The summed E-state index contributed by atoms with van der Waals surface area (Å²) in [6.45, 7) is 8.00. The van der Waals surface area contributed by atoms with Crippen molar-refractivity contribution < 1.29 is 0 Å². The van der Waals surface area contributed by atoms with Crippen molar-refractivity contribution in [2.45, 2.75) is 58.2 Å². The van der Waals surface area contributed by atoms with Crippen molar-refractivity contribution in [2.24, 2.45) is 11.7 Å². The number of likely N-dealkylation sites (tertiary alicyclic amines) is 1. The van der Waals surface area contributed by atoms with E-state index in [9.17, 15) is 0 Å². The first kappa shape index (κ1) is 14.5. The second-order valence-electron chi connectivity index (χ2n) is 5.99. The summed E-state index contributed by atoms with van der Waals surface area (Å²) in [4.78, 5) is 6.77. The predicted molar refractivity (Wildman–Crippen MR) is 79.8 cm³/mol. The molecular formula is C16H27N3. The maximum atomic E-state index is 6.43. The van der Waals surface area contributed by atoms with Crippen LogP contribution in [0, 0.1) is 5.92 Å². The number of pyridine rings is 1. The molecule has 2 N–H and O–H groups in total. The fourth-order valence-corrected chi connectivity index (χ4v) is 3.34. The van der Waals surface area contributed by atoms with E-state index in [0.29, 0.717) is 18.0 Å². The van der Waals surface area contributed by atoms with Crippen molar-refractivity contribution in [3.63, 3.8) is 0 Å². The molecule has 3 unspecified atom stereocenters. The SMILES string of the molecule is CCC(N)C(c1ccncc1)N1CCCC1C(C)C. The summed E-state index contributed by atoms with van der Waals surface area (Å²) in [6, 6.07) is 5.44. The molecule has 19 heavy (non-hydrogen) atoms. The van der Waals surface area contributed by atoms with E-state index in [-0.39, 0.29) is 6.04 Å². The van der Waals surface area contributed by atoms with E-state index in [0.717, 1.165) is 6.42 Å². The first-order valence-electron chi connectivity index (χ1n) is 7.56. The normalized spacial score (nSPS) is 23.7. The maximum absolute atomic E-state index is 6.43. The van der Waals surface area contributed by atoms with Gasteiger partial charge in [-0.05, 0) is 49.4 Å².